The molecule has 0 heterocycles. The van der Waals surface area contributed by atoms with Crippen LogP contribution in [0.3, 0.4) is 0 Å². The van der Waals surface area contributed by atoms with Crippen LogP contribution in [0.1, 0.15) is 51.3 Å². The van der Waals surface area contributed by atoms with E-state index in [2.05, 4.69) is 57.3 Å². The third-order valence-corrected chi connectivity index (χ3v) is 3.46. The third-order valence-electron chi connectivity index (χ3n) is 3.46. The highest BCUT2D eigenvalue weighted by atomic mass is 14.9. The van der Waals surface area contributed by atoms with Crippen molar-refractivity contribution in [2.45, 2.75) is 58.9 Å². The summed E-state index contributed by atoms with van der Waals surface area (Å²) in [4.78, 5) is 0. The normalized spacial score (nSPS) is 12.3. The Bertz CT molecular complexity index is 473. The predicted molar refractivity (Wildman–Crippen MR) is 81.3 cm³/mol. The highest BCUT2D eigenvalue weighted by Gasteiger charge is 2.16. The fourth-order valence-corrected chi connectivity index (χ4v) is 1.96. The van der Waals surface area contributed by atoms with E-state index in [1.54, 1.807) is 0 Å². The summed E-state index contributed by atoms with van der Waals surface area (Å²) in [5.74, 6) is 0. The maximum Gasteiger partial charge on any atom is 0.101 e. The molecular formula is C17H26N2. The molecule has 0 saturated heterocycles. The van der Waals surface area contributed by atoms with Gasteiger partial charge in [0, 0.05) is 6.54 Å². The van der Waals surface area contributed by atoms with E-state index < -0.39 is 5.54 Å². The summed E-state index contributed by atoms with van der Waals surface area (Å²) in [6.45, 7) is 13.5. The minimum absolute atomic E-state index is 0.182. The second-order valence-electron chi connectivity index (χ2n) is 6.80. The van der Waals surface area contributed by atoms with Gasteiger partial charge in [-0.2, -0.15) is 5.26 Å². The van der Waals surface area contributed by atoms with Gasteiger partial charge in [0.1, 0.15) is 5.54 Å². The zero-order chi connectivity index (χ0) is 14.7. The molecule has 0 fully saturated rings. The van der Waals surface area contributed by atoms with Crippen molar-refractivity contribution in [1.29, 1.82) is 5.26 Å². The smallest absolute Gasteiger partial charge is 0.101 e. The minimum Gasteiger partial charge on any atom is -0.300 e. The number of nitrogens with zero attached hydrogens (tertiary/aromatic N) is 1. The number of hydrogen-bond donors (Lipinski definition) is 1. The Balaban J connectivity index is 2.77. The summed E-state index contributed by atoms with van der Waals surface area (Å²) in [6, 6.07) is 8.98. The van der Waals surface area contributed by atoms with Crippen LogP contribution in [0.5, 0.6) is 0 Å². The van der Waals surface area contributed by atoms with Gasteiger partial charge < -0.3 is 0 Å². The highest BCUT2D eigenvalue weighted by molar-refractivity contribution is 5.34. The van der Waals surface area contributed by atoms with Gasteiger partial charge in [-0.1, -0.05) is 39.0 Å². The number of rotatable bonds is 4. The molecule has 0 unspecified atom stereocenters. The largest absolute Gasteiger partial charge is 0.300 e. The summed E-state index contributed by atoms with van der Waals surface area (Å²) in [7, 11) is 0. The lowest BCUT2D eigenvalue weighted by Crippen LogP contribution is -2.38. The zero-order valence-electron chi connectivity index (χ0n) is 13.1. The number of hydrogen-bond acceptors (Lipinski definition) is 2. The Hall–Kier alpha value is -1.33. The topological polar surface area (TPSA) is 35.8 Å². The molecule has 0 aromatic heterocycles. The molecule has 2 heteroatoms. The van der Waals surface area contributed by atoms with E-state index in [0.29, 0.717) is 0 Å². The Labute approximate surface area is 117 Å². The van der Waals surface area contributed by atoms with Gasteiger partial charge in [0.25, 0.3) is 0 Å². The summed E-state index contributed by atoms with van der Waals surface area (Å²) in [6.07, 6.45) is 0.959. The van der Waals surface area contributed by atoms with Crippen LogP contribution >= 0.6 is 0 Å². The van der Waals surface area contributed by atoms with Gasteiger partial charge >= 0.3 is 0 Å². The molecule has 0 bridgehead atoms. The first-order valence-electron chi connectivity index (χ1n) is 6.92. The monoisotopic (exact) mass is 258 g/mol. The molecule has 19 heavy (non-hydrogen) atoms. The van der Waals surface area contributed by atoms with Gasteiger partial charge in [-0.3, -0.25) is 5.32 Å². The Morgan fingerprint density at radius 1 is 1.16 bits per heavy atom. The van der Waals surface area contributed by atoms with Crippen LogP contribution in [-0.4, -0.2) is 12.1 Å². The molecule has 1 rings (SSSR count). The first-order valence-corrected chi connectivity index (χ1v) is 6.92. The van der Waals surface area contributed by atoms with Crippen molar-refractivity contribution in [1.82, 2.24) is 5.32 Å². The molecule has 0 radical (unpaired) electrons. The Morgan fingerprint density at radius 2 is 1.79 bits per heavy atom. The maximum absolute atomic E-state index is 8.98. The van der Waals surface area contributed by atoms with Crippen LogP contribution in [-0.2, 0) is 11.8 Å². The van der Waals surface area contributed by atoms with E-state index in [0.717, 1.165) is 13.0 Å². The second-order valence-corrected chi connectivity index (χ2v) is 6.80. The molecule has 0 saturated carbocycles. The first kappa shape index (κ1) is 15.7. The van der Waals surface area contributed by atoms with Crippen LogP contribution < -0.4 is 5.32 Å². The maximum atomic E-state index is 8.98. The van der Waals surface area contributed by atoms with Crippen molar-refractivity contribution in [3.8, 4) is 6.07 Å². The molecule has 1 aromatic rings. The first-order chi connectivity index (χ1) is 8.65. The molecular weight excluding hydrogens is 232 g/mol. The Morgan fingerprint density at radius 3 is 2.32 bits per heavy atom. The van der Waals surface area contributed by atoms with Crippen LogP contribution in [0.4, 0.5) is 0 Å². The lowest BCUT2D eigenvalue weighted by Gasteiger charge is -2.22. The Kier molecular flexibility index (Phi) is 4.76. The van der Waals surface area contributed by atoms with Gasteiger partial charge in [0.2, 0.25) is 0 Å². The van der Waals surface area contributed by atoms with Crippen molar-refractivity contribution >= 4 is 0 Å². The van der Waals surface area contributed by atoms with Crippen molar-refractivity contribution in [2.75, 3.05) is 6.54 Å². The fraction of sp³-hybridized carbons (Fsp3) is 0.588. The van der Waals surface area contributed by atoms with Gasteiger partial charge in [0.15, 0.2) is 0 Å². The van der Waals surface area contributed by atoms with Crippen molar-refractivity contribution in [2.24, 2.45) is 0 Å². The minimum atomic E-state index is -0.449. The number of aryl methyl sites for hydroxylation is 1. The summed E-state index contributed by atoms with van der Waals surface area (Å²) >= 11 is 0. The van der Waals surface area contributed by atoms with Crippen molar-refractivity contribution in [3.05, 3.63) is 34.9 Å². The molecule has 1 N–H and O–H groups in total. The van der Waals surface area contributed by atoms with E-state index in [1.807, 2.05) is 13.8 Å². The van der Waals surface area contributed by atoms with Crippen molar-refractivity contribution in [3.63, 3.8) is 0 Å². The summed E-state index contributed by atoms with van der Waals surface area (Å²) in [5.41, 5.74) is 3.79. The molecule has 0 atom stereocenters. The van der Waals surface area contributed by atoms with E-state index in [-0.39, 0.29) is 5.41 Å². The van der Waals surface area contributed by atoms with Gasteiger partial charge in [-0.15, -0.1) is 0 Å². The number of nitrogens with one attached hydrogen (secondary N) is 1. The average molecular weight is 258 g/mol. The molecule has 0 aliphatic rings. The van der Waals surface area contributed by atoms with E-state index >= 15 is 0 Å². The molecule has 0 aliphatic heterocycles. The van der Waals surface area contributed by atoms with Crippen LogP contribution in [0, 0.1) is 18.3 Å². The van der Waals surface area contributed by atoms with E-state index in [1.165, 1.54) is 16.7 Å². The van der Waals surface area contributed by atoms with Crippen molar-refractivity contribution < 1.29 is 0 Å². The number of nitriles is 1. The van der Waals surface area contributed by atoms with Gasteiger partial charge in [-0.05, 0) is 49.3 Å². The number of benzene rings is 1. The van der Waals surface area contributed by atoms with E-state index in [9.17, 15) is 0 Å². The fourth-order valence-electron chi connectivity index (χ4n) is 1.96. The molecule has 2 nitrogen and oxygen atoms in total. The van der Waals surface area contributed by atoms with Crippen LogP contribution in [0.25, 0.3) is 0 Å². The second kappa shape index (κ2) is 5.75. The quantitative estimate of drug-likeness (QED) is 0.893. The third kappa shape index (κ3) is 4.69. The lowest BCUT2D eigenvalue weighted by molar-refractivity contribution is 0.489. The van der Waals surface area contributed by atoms with Gasteiger partial charge in [-0.25, -0.2) is 0 Å². The van der Waals surface area contributed by atoms with Gasteiger partial charge in [0.05, 0.1) is 6.07 Å². The summed E-state index contributed by atoms with van der Waals surface area (Å²) < 4.78 is 0. The SMILES string of the molecule is Cc1ccc(C(C)(C)C)cc1CCNC(C)(C)C#N. The molecule has 0 amide bonds. The zero-order valence-corrected chi connectivity index (χ0v) is 13.1. The van der Waals surface area contributed by atoms with E-state index in [4.69, 9.17) is 5.26 Å². The molecule has 0 aliphatic carbocycles. The molecule has 1 aromatic carbocycles. The summed E-state index contributed by atoms with van der Waals surface area (Å²) in [5, 5.41) is 12.3. The predicted octanol–water partition coefficient (Wildman–Crippen LogP) is 3.73. The molecule has 0 spiro atoms. The van der Waals surface area contributed by atoms with Crippen LogP contribution in [0.2, 0.25) is 0 Å². The lowest BCUT2D eigenvalue weighted by atomic mass is 9.85. The van der Waals surface area contributed by atoms with Crippen LogP contribution in [0.15, 0.2) is 18.2 Å². The molecule has 104 valence electrons. The average Bonchev–Trinajstić information content (AvgIpc) is 2.30. The standard InChI is InChI=1S/C17H26N2/c1-13-7-8-15(16(2,3)4)11-14(13)9-10-19-17(5,6)12-18/h7-8,11,19H,9-10H2,1-6H3. The highest BCUT2D eigenvalue weighted by Crippen LogP contribution is 2.24.